The van der Waals surface area contributed by atoms with Crippen LogP contribution in [0.25, 0.3) is 0 Å². The third-order valence-electron chi connectivity index (χ3n) is 14.8. The van der Waals surface area contributed by atoms with Gasteiger partial charge in [-0.15, -0.1) is 0 Å². The van der Waals surface area contributed by atoms with Crippen molar-refractivity contribution < 1.29 is 43.0 Å². The summed E-state index contributed by atoms with van der Waals surface area (Å²) in [5.74, 6) is -2.79. The van der Waals surface area contributed by atoms with Crippen LogP contribution in [0.3, 0.4) is 0 Å². The Kier molecular flexibility index (Phi) is 21.0. The minimum atomic E-state index is -0.860. The average Bonchev–Trinajstić information content (AvgIpc) is 4.02. The van der Waals surface area contributed by atoms with Crippen LogP contribution in [-0.2, 0) is 49.5 Å². The summed E-state index contributed by atoms with van der Waals surface area (Å²) in [6, 6.07) is 7.78. The zero-order valence-corrected chi connectivity index (χ0v) is 41.5. The Morgan fingerprint density at radius 3 is 2.14 bits per heavy atom. The number of benzene rings is 1. The molecule has 2 fully saturated rings. The van der Waals surface area contributed by atoms with Gasteiger partial charge in [0.15, 0.2) is 5.78 Å². The van der Waals surface area contributed by atoms with Gasteiger partial charge in [0.05, 0.1) is 42.2 Å². The fourth-order valence-corrected chi connectivity index (χ4v) is 10.1. The Bertz CT molecular complexity index is 1820. The van der Waals surface area contributed by atoms with Gasteiger partial charge < -0.3 is 29.9 Å². The lowest BCUT2D eigenvalue weighted by Gasteiger charge is -2.41. The number of Topliss-reactive ketones (excluding diaryl/α,β-unsaturated/α-hetero) is 1. The summed E-state index contributed by atoms with van der Waals surface area (Å²) in [7, 11) is 6.86. The van der Waals surface area contributed by atoms with Crippen molar-refractivity contribution in [2.24, 2.45) is 23.7 Å². The first kappa shape index (κ1) is 54.1. The first-order chi connectivity index (χ1) is 31.4. The van der Waals surface area contributed by atoms with E-state index in [9.17, 15) is 33.6 Å². The van der Waals surface area contributed by atoms with Crippen LogP contribution in [0.4, 0.5) is 0 Å². The number of likely N-dealkylation sites (tertiary alicyclic amines) is 2. The van der Waals surface area contributed by atoms with Crippen LogP contribution < -0.4 is 10.6 Å². The molecule has 0 bridgehead atoms. The van der Waals surface area contributed by atoms with Crippen LogP contribution in [0.2, 0.25) is 0 Å². The third kappa shape index (κ3) is 13.8. The average molecular weight is 921 g/mol. The van der Waals surface area contributed by atoms with E-state index < -0.39 is 47.7 Å². The van der Waals surface area contributed by atoms with Gasteiger partial charge in [-0.2, -0.15) is 0 Å². The molecule has 2 N–H and O–H groups in total. The highest BCUT2D eigenvalue weighted by molar-refractivity contribution is 6.12. The molecule has 4 rings (SSSR count). The Balaban J connectivity index is 1.40. The molecule has 1 aromatic carbocycles. The fraction of sp³-hybridized carbons (Fsp3) is 0.706. The number of nitrogens with zero attached hydrogens (tertiary/aromatic N) is 4. The van der Waals surface area contributed by atoms with E-state index in [1.807, 2.05) is 58.2 Å². The van der Waals surface area contributed by atoms with Crippen molar-refractivity contribution in [2.45, 2.75) is 154 Å². The van der Waals surface area contributed by atoms with Crippen molar-refractivity contribution in [1.82, 2.24) is 30.2 Å². The van der Waals surface area contributed by atoms with Crippen LogP contribution in [0.5, 0.6) is 0 Å². The van der Waals surface area contributed by atoms with E-state index in [0.717, 1.165) is 50.6 Å². The van der Waals surface area contributed by atoms with Gasteiger partial charge in [0.2, 0.25) is 23.6 Å². The molecular formula is C51H80N6O9. The standard InChI is InChI=1S/C51H80N6O9/c1-11-35(4)46(55(8)50(64)38(34(2)3)32-42(58)51(6)26-20-28-54(51)7)41(65-9)33-45(61)56-30-19-23-40(56)47(66-10)36(5)48(62)53-39(31-37-21-15-14-16-22-37)49(63)52-27-17-12-13-18-29-57-43(59)24-25-44(57)60/h14-16,21-22,24-25,34-36,38-41,46-47H,11-13,17-20,23,26-33H2,1-10H3,(H,52,63)(H,53,62)/t35-,36+,38-,39-,40-,41+,46-,47?,51-/m0/s1. The number of ether oxygens (including phenoxy) is 2. The molecule has 0 radical (unpaired) electrons. The van der Waals surface area contributed by atoms with Gasteiger partial charge in [-0.1, -0.05) is 84.2 Å². The highest BCUT2D eigenvalue weighted by atomic mass is 16.5. The molecule has 15 heteroatoms. The van der Waals surface area contributed by atoms with Gasteiger partial charge in [-0.05, 0) is 76.4 Å². The summed E-state index contributed by atoms with van der Waals surface area (Å²) in [5.41, 5.74) is 0.299. The Morgan fingerprint density at radius 2 is 1.55 bits per heavy atom. The number of hydrogen-bond acceptors (Lipinski definition) is 10. The van der Waals surface area contributed by atoms with Crippen molar-refractivity contribution in [3.8, 4) is 0 Å². The SMILES string of the molecule is CC[C@H](C)[C@@H]([C@@H](CC(=O)N1CCC[C@H]1C(OC)[C@@H](C)C(=O)N[C@@H](Cc1ccccc1)C(=O)NCCCCCCN1C(=O)C=CC1=O)OC)N(C)C(=O)[C@@H](CC(=O)[C@]1(C)CCCN1C)C(C)C. The molecule has 9 atom stereocenters. The largest absolute Gasteiger partial charge is 0.379 e. The number of rotatable bonds is 27. The monoisotopic (exact) mass is 921 g/mol. The van der Waals surface area contributed by atoms with E-state index in [4.69, 9.17) is 9.47 Å². The molecular weight excluding hydrogens is 841 g/mol. The molecule has 66 heavy (non-hydrogen) atoms. The topological polar surface area (TPSA) is 175 Å². The molecule has 15 nitrogen and oxygen atoms in total. The first-order valence-electron chi connectivity index (χ1n) is 24.4. The Hall–Kier alpha value is -4.47. The number of likely N-dealkylation sites (N-methyl/N-ethyl adjacent to an activating group) is 2. The maximum atomic E-state index is 14.4. The van der Waals surface area contributed by atoms with Crippen LogP contribution in [0.15, 0.2) is 42.5 Å². The van der Waals surface area contributed by atoms with Gasteiger partial charge >= 0.3 is 0 Å². The van der Waals surface area contributed by atoms with Gasteiger partial charge in [0, 0.05) is 71.8 Å². The summed E-state index contributed by atoms with van der Waals surface area (Å²) >= 11 is 0. The van der Waals surface area contributed by atoms with Crippen molar-refractivity contribution in [3.05, 3.63) is 48.0 Å². The van der Waals surface area contributed by atoms with E-state index in [1.165, 1.54) is 17.1 Å². The molecule has 0 saturated carbocycles. The van der Waals surface area contributed by atoms with Gasteiger partial charge in [0.1, 0.15) is 6.04 Å². The molecule has 6 amide bonds. The second-order valence-electron chi connectivity index (χ2n) is 19.5. The number of carbonyl (C=O) groups is 7. The van der Waals surface area contributed by atoms with E-state index in [1.54, 1.807) is 38.0 Å². The molecule has 3 aliphatic rings. The van der Waals surface area contributed by atoms with Gasteiger partial charge in [0.25, 0.3) is 11.8 Å². The van der Waals surface area contributed by atoms with Crippen LogP contribution in [0, 0.1) is 23.7 Å². The highest BCUT2D eigenvalue weighted by Crippen LogP contribution is 2.34. The normalized spacial score (nSPS) is 22.0. The number of hydrogen-bond donors (Lipinski definition) is 2. The summed E-state index contributed by atoms with van der Waals surface area (Å²) in [6.45, 7) is 13.9. The number of ketones is 1. The van der Waals surface area contributed by atoms with Gasteiger partial charge in [-0.25, -0.2) is 0 Å². The zero-order chi connectivity index (χ0) is 48.7. The maximum Gasteiger partial charge on any atom is 0.253 e. The zero-order valence-electron chi connectivity index (χ0n) is 41.5. The summed E-state index contributed by atoms with van der Waals surface area (Å²) in [5, 5.41) is 5.99. The van der Waals surface area contributed by atoms with Crippen molar-refractivity contribution in [1.29, 1.82) is 0 Å². The van der Waals surface area contributed by atoms with Crippen molar-refractivity contribution in [3.63, 3.8) is 0 Å². The molecule has 0 aliphatic carbocycles. The summed E-state index contributed by atoms with van der Waals surface area (Å²) in [6.07, 6.45) is 8.45. The molecule has 0 aromatic heterocycles. The van der Waals surface area contributed by atoms with Crippen LogP contribution in [0.1, 0.15) is 118 Å². The lowest BCUT2D eigenvalue weighted by atomic mass is 9.81. The molecule has 1 unspecified atom stereocenters. The minimum absolute atomic E-state index is 0.0133. The molecule has 2 saturated heterocycles. The van der Waals surface area contributed by atoms with Crippen molar-refractivity contribution in [2.75, 3.05) is 54.5 Å². The number of unbranched alkanes of at least 4 members (excludes halogenated alkanes) is 3. The smallest absolute Gasteiger partial charge is 0.253 e. The van der Waals surface area contributed by atoms with E-state index in [2.05, 4.69) is 29.4 Å². The third-order valence-corrected chi connectivity index (χ3v) is 14.8. The second kappa shape index (κ2) is 25.6. The lowest BCUT2D eigenvalue weighted by Crippen LogP contribution is -2.55. The van der Waals surface area contributed by atoms with Crippen molar-refractivity contribution >= 4 is 41.2 Å². The molecule has 3 aliphatic heterocycles. The predicted molar refractivity (Wildman–Crippen MR) is 254 cm³/mol. The first-order valence-corrected chi connectivity index (χ1v) is 24.4. The van der Waals surface area contributed by atoms with Crippen LogP contribution in [-0.4, -0.2) is 151 Å². The fourth-order valence-electron chi connectivity index (χ4n) is 10.1. The molecule has 0 spiro atoms. The van der Waals surface area contributed by atoms with Crippen LogP contribution >= 0.6 is 0 Å². The minimum Gasteiger partial charge on any atom is -0.379 e. The molecule has 368 valence electrons. The Labute approximate surface area is 394 Å². The second-order valence-corrected chi connectivity index (χ2v) is 19.5. The highest BCUT2D eigenvalue weighted by Gasteiger charge is 2.45. The van der Waals surface area contributed by atoms with E-state index >= 15 is 0 Å². The van der Waals surface area contributed by atoms with Gasteiger partial charge in [-0.3, -0.25) is 43.4 Å². The number of imide groups is 1. The number of methoxy groups -OCH3 is 2. The maximum absolute atomic E-state index is 14.4. The quantitative estimate of drug-likeness (QED) is 0.0908. The number of nitrogens with one attached hydrogen (secondary N) is 2. The molecule has 1 aromatic rings. The molecule has 3 heterocycles. The Morgan fingerprint density at radius 1 is 0.879 bits per heavy atom. The lowest BCUT2D eigenvalue weighted by molar-refractivity contribution is -0.149. The predicted octanol–water partition coefficient (Wildman–Crippen LogP) is 4.95. The summed E-state index contributed by atoms with van der Waals surface area (Å²) < 4.78 is 12.1. The summed E-state index contributed by atoms with van der Waals surface area (Å²) in [4.78, 5) is 101. The van der Waals surface area contributed by atoms with E-state index in [-0.39, 0.29) is 72.3 Å². The number of carbonyl (C=O) groups excluding carboxylic acids is 7. The van der Waals surface area contributed by atoms with E-state index in [0.29, 0.717) is 38.9 Å². The number of amides is 6.